The number of carbonyl (C=O) groups is 2. The van der Waals surface area contributed by atoms with E-state index in [1.807, 2.05) is 6.26 Å². The van der Waals surface area contributed by atoms with Gasteiger partial charge in [-0.15, -0.1) is 0 Å². The summed E-state index contributed by atoms with van der Waals surface area (Å²) >= 11 is 7.18. The zero-order chi connectivity index (χ0) is 18.3. The van der Waals surface area contributed by atoms with Crippen molar-refractivity contribution in [3.05, 3.63) is 29.3 Å². The summed E-state index contributed by atoms with van der Waals surface area (Å²) in [6.45, 7) is 1.32. The molecule has 2 atom stereocenters. The minimum Gasteiger partial charge on any atom is -0.451 e. The largest absolute Gasteiger partial charge is 0.451 e. The molecule has 0 aliphatic heterocycles. The highest BCUT2D eigenvalue weighted by atomic mass is 35.5. The van der Waals surface area contributed by atoms with Gasteiger partial charge < -0.3 is 10.5 Å². The molecule has 0 spiro atoms. The van der Waals surface area contributed by atoms with Crippen LogP contribution >= 0.6 is 23.4 Å². The van der Waals surface area contributed by atoms with Crippen molar-refractivity contribution in [3.8, 4) is 0 Å². The van der Waals surface area contributed by atoms with Gasteiger partial charge in [0.25, 0.3) is 5.91 Å². The molecular formula is C14H19ClN2O5S2. The lowest BCUT2D eigenvalue weighted by molar-refractivity contribution is -0.155. The third kappa shape index (κ3) is 6.31. The number of hydrogen-bond acceptors (Lipinski definition) is 6. The van der Waals surface area contributed by atoms with Crippen LogP contribution in [0.5, 0.6) is 0 Å². The molecule has 0 aliphatic rings. The monoisotopic (exact) mass is 394 g/mol. The van der Waals surface area contributed by atoms with E-state index >= 15 is 0 Å². The third-order valence-corrected chi connectivity index (χ3v) is 5.39. The summed E-state index contributed by atoms with van der Waals surface area (Å²) in [6.07, 6.45) is 0.884. The van der Waals surface area contributed by atoms with Crippen molar-refractivity contribution in [1.29, 1.82) is 0 Å². The zero-order valence-corrected chi connectivity index (χ0v) is 15.6. The SMILES string of the molecule is CSCC[C@@H](NS(=O)(=O)c1ccc(Cl)cc1)C(=O)O[C@H](C)C(N)=O. The number of benzene rings is 1. The van der Waals surface area contributed by atoms with Crippen LogP contribution in [0.2, 0.25) is 5.02 Å². The molecule has 0 heterocycles. The molecule has 1 aromatic rings. The van der Waals surface area contributed by atoms with E-state index in [1.54, 1.807) is 0 Å². The van der Waals surface area contributed by atoms with Crippen molar-refractivity contribution in [2.75, 3.05) is 12.0 Å². The van der Waals surface area contributed by atoms with Crippen molar-refractivity contribution < 1.29 is 22.7 Å². The van der Waals surface area contributed by atoms with E-state index in [4.69, 9.17) is 22.1 Å². The number of carbonyl (C=O) groups excluding carboxylic acids is 2. The van der Waals surface area contributed by atoms with Crippen LogP contribution in [0, 0.1) is 0 Å². The Morgan fingerprint density at radius 3 is 2.42 bits per heavy atom. The maximum atomic E-state index is 12.4. The average molecular weight is 395 g/mol. The summed E-state index contributed by atoms with van der Waals surface area (Å²) < 4.78 is 32.0. The first-order valence-electron chi connectivity index (χ1n) is 6.94. The Morgan fingerprint density at radius 2 is 1.92 bits per heavy atom. The van der Waals surface area contributed by atoms with E-state index in [0.717, 1.165) is 0 Å². The highest BCUT2D eigenvalue weighted by Crippen LogP contribution is 2.15. The summed E-state index contributed by atoms with van der Waals surface area (Å²) in [6, 6.07) is 4.39. The number of esters is 1. The van der Waals surface area contributed by atoms with E-state index < -0.39 is 34.0 Å². The van der Waals surface area contributed by atoms with Gasteiger partial charge in [0, 0.05) is 5.02 Å². The van der Waals surface area contributed by atoms with Crippen LogP contribution in [-0.4, -0.2) is 44.4 Å². The number of rotatable bonds is 9. The average Bonchev–Trinajstić information content (AvgIpc) is 2.51. The minimum atomic E-state index is -3.94. The van der Waals surface area contributed by atoms with Gasteiger partial charge in [-0.3, -0.25) is 9.59 Å². The van der Waals surface area contributed by atoms with Gasteiger partial charge >= 0.3 is 5.97 Å². The van der Waals surface area contributed by atoms with E-state index in [1.165, 1.54) is 43.0 Å². The second-order valence-corrected chi connectivity index (χ2v) is 8.03. The molecule has 0 aliphatic carbocycles. The lowest BCUT2D eigenvalue weighted by Crippen LogP contribution is -2.44. The highest BCUT2D eigenvalue weighted by Gasteiger charge is 2.28. The van der Waals surface area contributed by atoms with E-state index in [2.05, 4.69) is 4.72 Å². The zero-order valence-electron chi connectivity index (χ0n) is 13.2. The smallest absolute Gasteiger partial charge is 0.324 e. The number of nitrogens with one attached hydrogen (secondary N) is 1. The minimum absolute atomic E-state index is 0.0307. The van der Waals surface area contributed by atoms with Gasteiger partial charge in [0.1, 0.15) is 6.04 Å². The van der Waals surface area contributed by atoms with Crippen LogP contribution in [0.15, 0.2) is 29.2 Å². The van der Waals surface area contributed by atoms with Crippen LogP contribution in [0.3, 0.4) is 0 Å². The van der Waals surface area contributed by atoms with Crippen molar-refractivity contribution in [1.82, 2.24) is 4.72 Å². The molecule has 0 saturated heterocycles. The molecule has 0 unspecified atom stereocenters. The number of primary amides is 1. The summed E-state index contributed by atoms with van der Waals surface area (Å²) in [5.74, 6) is -1.14. The summed E-state index contributed by atoms with van der Waals surface area (Å²) in [7, 11) is -3.94. The van der Waals surface area contributed by atoms with Crippen LogP contribution in [0.25, 0.3) is 0 Å². The second-order valence-electron chi connectivity index (χ2n) is 4.89. The van der Waals surface area contributed by atoms with Gasteiger partial charge in [0.15, 0.2) is 6.10 Å². The Bertz CT molecular complexity index is 679. The number of hydrogen-bond donors (Lipinski definition) is 2. The van der Waals surface area contributed by atoms with Gasteiger partial charge in [-0.05, 0) is 49.6 Å². The van der Waals surface area contributed by atoms with Gasteiger partial charge in [-0.1, -0.05) is 11.6 Å². The number of nitrogens with two attached hydrogens (primary N) is 1. The lowest BCUT2D eigenvalue weighted by Gasteiger charge is -2.19. The van der Waals surface area contributed by atoms with Crippen molar-refractivity contribution in [2.45, 2.75) is 30.4 Å². The summed E-state index contributed by atoms with van der Waals surface area (Å²) in [5.41, 5.74) is 5.05. The predicted octanol–water partition coefficient (Wildman–Crippen LogP) is 1.16. The molecular weight excluding hydrogens is 376 g/mol. The molecule has 7 nitrogen and oxygen atoms in total. The quantitative estimate of drug-likeness (QED) is 0.607. The number of thioether (sulfide) groups is 1. The number of halogens is 1. The fraction of sp³-hybridized carbons (Fsp3) is 0.429. The van der Waals surface area contributed by atoms with Crippen molar-refractivity contribution in [2.24, 2.45) is 5.73 Å². The molecule has 0 saturated carbocycles. The number of amides is 1. The predicted molar refractivity (Wildman–Crippen MR) is 93.3 cm³/mol. The van der Waals surface area contributed by atoms with E-state index in [0.29, 0.717) is 10.8 Å². The normalized spacial score (nSPS) is 14.0. The Balaban J connectivity index is 2.93. The topological polar surface area (TPSA) is 116 Å². The Hall–Kier alpha value is -1.29. The van der Waals surface area contributed by atoms with Crippen molar-refractivity contribution in [3.63, 3.8) is 0 Å². The number of sulfonamides is 1. The van der Waals surface area contributed by atoms with Crippen LogP contribution in [-0.2, 0) is 24.3 Å². The second kappa shape index (κ2) is 9.26. The first-order valence-corrected chi connectivity index (χ1v) is 10.2. The molecule has 0 aromatic heterocycles. The first kappa shape index (κ1) is 20.8. The van der Waals surface area contributed by atoms with E-state index in [9.17, 15) is 18.0 Å². The fourth-order valence-corrected chi connectivity index (χ4v) is 3.46. The summed E-state index contributed by atoms with van der Waals surface area (Å²) in [4.78, 5) is 23.1. The van der Waals surface area contributed by atoms with Gasteiger partial charge in [-0.2, -0.15) is 16.5 Å². The highest BCUT2D eigenvalue weighted by molar-refractivity contribution is 7.98. The Kier molecular flexibility index (Phi) is 8.01. The van der Waals surface area contributed by atoms with Crippen LogP contribution < -0.4 is 10.5 Å². The van der Waals surface area contributed by atoms with Gasteiger partial charge in [0.05, 0.1) is 4.90 Å². The molecule has 134 valence electrons. The maximum Gasteiger partial charge on any atom is 0.324 e. The lowest BCUT2D eigenvalue weighted by atomic mass is 10.2. The molecule has 10 heteroatoms. The molecule has 1 rings (SSSR count). The standard InChI is InChI=1S/C14H19ClN2O5S2/c1-9(13(16)18)22-14(19)12(7-8-23-2)17-24(20,21)11-5-3-10(15)4-6-11/h3-6,9,12,17H,7-8H2,1-2H3,(H2,16,18)/t9-,12-/m1/s1. The molecule has 3 N–H and O–H groups in total. The van der Waals surface area contributed by atoms with Crippen LogP contribution in [0.1, 0.15) is 13.3 Å². The van der Waals surface area contributed by atoms with Gasteiger partial charge in [0.2, 0.25) is 10.0 Å². The molecule has 0 bridgehead atoms. The van der Waals surface area contributed by atoms with E-state index in [-0.39, 0.29) is 11.3 Å². The molecule has 1 aromatic carbocycles. The first-order chi connectivity index (χ1) is 11.2. The third-order valence-electron chi connectivity index (χ3n) is 3.01. The fourth-order valence-electron chi connectivity index (χ4n) is 1.64. The van der Waals surface area contributed by atoms with Crippen LogP contribution in [0.4, 0.5) is 0 Å². The maximum absolute atomic E-state index is 12.4. The Morgan fingerprint density at radius 1 is 1.33 bits per heavy atom. The number of ether oxygens (including phenoxy) is 1. The molecule has 0 fully saturated rings. The van der Waals surface area contributed by atoms with Crippen molar-refractivity contribution >= 4 is 45.3 Å². The van der Waals surface area contributed by atoms with Gasteiger partial charge in [-0.25, -0.2) is 8.42 Å². The summed E-state index contributed by atoms with van der Waals surface area (Å²) in [5, 5.41) is 0.391. The Labute approximate surface area is 150 Å². The molecule has 1 amide bonds. The molecule has 0 radical (unpaired) electrons. The molecule has 24 heavy (non-hydrogen) atoms.